The molecule has 0 fully saturated rings. The average Bonchev–Trinajstić information content (AvgIpc) is 2.44. The number of benzene rings is 1. The van der Waals surface area contributed by atoms with Crippen molar-refractivity contribution in [2.75, 3.05) is 19.0 Å². The summed E-state index contributed by atoms with van der Waals surface area (Å²) in [6, 6.07) is 7.34. The lowest BCUT2D eigenvalue weighted by Gasteiger charge is -2.10. The fourth-order valence-corrected chi connectivity index (χ4v) is 1.92. The Morgan fingerprint density at radius 1 is 1.26 bits per heavy atom. The van der Waals surface area contributed by atoms with Crippen LogP contribution in [0.5, 0.6) is 17.4 Å². The third-order valence-corrected chi connectivity index (χ3v) is 3.07. The number of nitrogens with one attached hydrogen (secondary N) is 1. The van der Waals surface area contributed by atoms with Crippen molar-refractivity contribution < 1.29 is 9.47 Å². The van der Waals surface area contributed by atoms with Crippen LogP contribution >= 0.6 is 15.9 Å². The number of halogens is 1. The SMILES string of the molecule is CCNc1ncnc(Oc2cccc(OC)c2)c1Br. The molecule has 0 amide bonds. The molecule has 0 saturated carbocycles. The van der Waals surface area contributed by atoms with E-state index < -0.39 is 0 Å². The lowest BCUT2D eigenvalue weighted by molar-refractivity contribution is 0.407. The van der Waals surface area contributed by atoms with E-state index in [1.54, 1.807) is 13.2 Å². The topological polar surface area (TPSA) is 56.3 Å². The molecule has 0 aliphatic rings. The Kier molecular flexibility index (Phi) is 4.57. The van der Waals surface area contributed by atoms with E-state index in [1.165, 1.54) is 6.33 Å². The van der Waals surface area contributed by atoms with Gasteiger partial charge < -0.3 is 14.8 Å². The lowest BCUT2D eigenvalue weighted by Crippen LogP contribution is -2.02. The highest BCUT2D eigenvalue weighted by atomic mass is 79.9. The summed E-state index contributed by atoms with van der Waals surface area (Å²) in [5.41, 5.74) is 0. The second-order valence-corrected chi connectivity index (χ2v) is 4.45. The molecule has 0 radical (unpaired) electrons. The zero-order chi connectivity index (χ0) is 13.7. The Hall–Kier alpha value is -1.82. The first-order chi connectivity index (χ1) is 9.24. The summed E-state index contributed by atoms with van der Waals surface area (Å²) in [5.74, 6) is 2.55. The van der Waals surface area contributed by atoms with Crippen LogP contribution in [0.15, 0.2) is 35.1 Å². The van der Waals surface area contributed by atoms with Crippen molar-refractivity contribution in [1.29, 1.82) is 0 Å². The summed E-state index contributed by atoms with van der Waals surface area (Å²) < 4.78 is 11.6. The minimum Gasteiger partial charge on any atom is -0.497 e. The lowest BCUT2D eigenvalue weighted by atomic mass is 10.3. The molecule has 2 aromatic rings. The highest BCUT2D eigenvalue weighted by Gasteiger charge is 2.10. The second-order valence-electron chi connectivity index (χ2n) is 3.65. The third-order valence-electron chi connectivity index (χ3n) is 2.36. The number of anilines is 1. The normalized spacial score (nSPS) is 10.1. The molecule has 6 heteroatoms. The number of hydrogen-bond acceptors (Lipinski definition) is 5. The van der Waals surface area contributed by atoms with Gasteiger partial charge in [0, 0.05) is 12.6 Å². The molecule has 0 aliphatic carbocycles. The van der Waals surface area contributed by atoms with Gasteiger partial charge in [0.2, 0.25) is 5.88 Å². The zero-order valence-electron chi connectivity index (χ0n) is 10.7. The van der Waals surface area contributed by atoms with Gasteiger partial charge in [-0.1, -0.05) is 6.07 Å². The Bertz CT molecular complexity index is 563. The van der Waals surface area contributed by atoms with Crippen LogP contribution < -0.4 is 14.8 Å². The molecular formula is C13H14BrN3O2. The first kappa shape index (κ1) is 13.6. The molecule has 0 unspecified atom stereocenters. The highest BCUT2D eigenvalue weighted by molar-refractivity contribution is 9.10. The van der Waals surface area contributed by atoms with Crippen LogP contribution in [-0.2, 0) is 0 Å². The van der Waals surface area contributed by atoms with Crippen LogP contribution in [0.25, 0.3) is 0 Å². The second kappa shape index (κ2) is 6.38. The average molecular weight is 324 g/mol. The van der Waals surface area contributed by atoms with Crippen molar-refractivity contribution in [3.8, 4) is 17.4 Å². The van der Waals surface area contributed by atoms with E-state index >= 15 is 0 Å². The van der Waals surface area contributed by atoms with Gasteiger partial charge in [0.15, 0.2) is 0 Å². The molecule has 0 bridgehead atoms. The van der Waals surface area contributed by atoms with E-state index in [0.29, 0.717) is 21.9 Å². The molecule has 0 saturated heterocycles. The van der Waals surface area contributed by atoms with Crippen LogP contribution in [0, 0.1) is 0 Å². The number of ether oxygens (including phenoxy) is 2. The molecule has 1 aromatic carbocycles. The van der Waals surface area contributed by atoms with Gasteiger partial charge in [-0.15, -0.1) is 0 Å². The van der Waals surface area contributed by atoms with E-state index in [9.17, 15) is 0 Å². The predicted molar refractivity (Wildman–Crippen MR) is 77.0 cm³/mol. The fraction of sp³-hybridized carbons (Fsp3) is 0.231. The van der Waals surface area contributed by atoms with E-state index in [0.717, 1.165) is 12.3 Å². The van der Waals surface area contributed by atoms with Gasteiger partial charge in [0.05, 0.1) is 7.11 Å². The minimum atomic E-state index is 0.458. The quantitative estimate of drug-likeness (QED) is 0.913. The Labute approximate surface area is 120 Å². The van der Waals surface area contributed by atoms with Gasteiger partial charge in [0.25, 0.3) is 0 Å². The van der Waals surface area contributed by atoms with Crippen molar-refractivity contribution in [3.05, 3.63) is 35.1 Å². The maximum atomic E-state index is 5.72. The molecule has 0 aliphatic heterocycles. The fourth-order valence-electron chi connectivity index (χ4n) is 1.49. The molecule has 0 spiro atoms. The van der Waals surface area contributed by atoms with Crippen molar-refractivity contribution in [2.24, 2.45) is 0 Å². The molecule has 1 aromatic heterocycles. The van der Waals surface area contributed by atoms with Gasteiger partial charge in [-0.2, -0.15) is 0 Å². The Balaban J connectivity index is 2.25. The molecule has 5 nitrogen and oxygen atoms in total. The van der Waals surface area contributed by atoms with E-state index in [-0.39, 0.29) is 0 Å². The number of aromatic nitrogens is 2. The molecular weight excluding hydrogens is 310 g/mol. The van der Waals surface area contributed by atoms with Crippen LogP contribution in [-0.4, -0.2) is 23.6 Å². The number of hydrogen-bond donors (Lipinski definition) is 1. The molecule has 1 N–H and O–H groups in total. The van der Waals surface area contributed by atoms with Crippen molar-refractivity contribution in [1.82, 2.24) is 9.97 Å². The molecule has 100 valence electrons. The summed E-state index contributed by atoms with van der Waals surface area (Å²) >= 11 is 3.43. The molecule has 1 heterocycles. The Morgan fingerprint density at radius 2 is 2.05 bits per heavy atom. The van der Waals surface area contributed by atoms with Gasteiger partial charge in [-0.25, -0.2) is 9.97 Å². The van der Waals surface area contributed by atoms with Crippen molar-refractivity contribution in [3.63, 3.8) is 0 Å². The van der Waals surface area contributed by atoms with Crippen molar-refractivity contribution >= 4 is 21.7 Å². The largest absolute Gasteiger partial charge is 0.497 e. The minimum absolute atomic E-state index is 0.458. The summed E-state index contributed by atoms with van der Waals surface area (Å²) in [4.78, 5) is 8.24. The molecule has 0 atom stereocenters. The summed E-state index contributed by atoms with van der Waals surface area (Å²) in [5, 5.41) is 3.12. The first-order valence-electron chi connectivity index (χ1n) is 5.81. The highest BCUT2D eigenvalue weighted by Crippen LogP contribution is 2.32. The standard InChI is InChI=1S/C13H14BrN3O2/c1-3-15-12-11(14)13(17-8-16-12)19-10-6-4-5-9(7-10)18-2/h4-8H,3H2,1-2H3,(H,15,16,17). The van der Waals surface area contributed by atoms with Gasteiger partial charge >= 0.3 is 0 Å². The smallest absolute Gasteiger partial charge is 0.238 e. The van der Waals surface area contributed by atoms with Gasteiger partial charge in [-0.3, -0.25) is 0 Å². The summed E-state index contributed by atoms with van der Waals surface area (Å²) in [7, 11) is 1.61. The number of nitrogens with zero attached hydrogens (tertiary/aromatic N) is 2. The van der Waals surface area contributed by atoms with Crippen LogP contribution in [0.2, 0.25) is 0 Å². The summed E-state index contributed by atoms with van der Waals surface area (Å²) in [6.07, 6.45) is 1.46. The van der Waals surface area contributed by atoms with E-state index in [4.69, 9.17) is 9.47 Å². The van der Waals surface area contributed by atoms with Gasteiger partial charge in [-0.05, 0) is 35.0 Å². The van der Waals surface area contributed by atoms with Crippen LogP contribution in [0.3, 0.4) is 0 Å². The van der Waals surface area contributed by atoms with E-state index in [1.807, 2.05) is 25.1 Å². The predicted octanol–water partition coefficient (Wildman–Crippen LogP) is 3.47. The van der Waals surface area contributed by atoms with Gasteiger partial charge in [0.1, 0.15) is 28.1 Å². The number of rotatable bonds is 5. The monoisotopic (exact) mass is 323 g/mol. The molecule has 2 rings (SSSR count). The van der Waals surface area contributed by atoms with Crippen LogP contribution in [0.4, 0.5) is 5.82 Å². The Morgan fingerprint density at radius 3 is 2.79 bits per heavy atom. The van der Waals surface area contributed by atoms with E-state index in [2.05, 4.69) is 31.2 Å². The maximum Gasteiger partial charge on any atom is 0.238 e. The number of methoxy groups -OCH3 is 1. The maximum absolute atomic E-state index is 5.72. The van der Waals surface area contributed by atoms with Crippen LogP contribution in [0.1, 0.15) is 6.92 Å². The third kappa shape index (κ3) is 3.35. The zero-order valence-corrected chi connectivity index (χ0v) is 12.3. The van der Waals surface area contributed by atoms with Crippen molar-refractivity contribution in [2.45, 2.75) is 6.92 Å². The summed E-state index contributed by atoms with van der Waals surface area (Å²) in [6.45, 7) is 2.77. The first-order valence-corrected chi connectivity index (χ1v) is 6.60. The molecule has 19 heavy (non-hydrogen) atoms.